The zero-order valence-electron chi connectivity index (χ0n) is 10.7. The maximum absolute atomic E-state index is 6.05. The van der Waals surface area contributed by atoms with Gasteiger partial charge in [0.15, 0.2) is 0 Å². The van der Waals surface area contributed by atoms with E-state index in [9.17, 15) is 0 Å². The molecule has 98 valence electrons. The molecule has 0 saturated heterocycles. The second-order valence-corrected chi connectivity index (χ2v) is 6.66. The molecule has 0 unspecified atom stereocenters. The molecule has 2 nitrogen and oxygen atoms in total. The molecule has 2 N–H and O–H groups in total. The van der Waals surface area contributed by atoms with Crippen molar-refractivity contribution in [2.24, 2.45) is 11.1 Å². The van der Waals surface area contributed by atoms with E-state index in [1.807, 2.05) is 0 Å². The monoisotopic (exact) mass is 309 g/mol. The molecule has 1 heterocycles. The van der Waals surface area contributed by atoms with Crippen molar-refractivity contribution in [3.8, 4) is 5.75 Å². The Labute approximate surface area is 117 Å². The van der Waals surface area contributed by atoms with Gasteiger partial charge >= 0.3 is 0 Å². The molecule has 3 rings (SSSR count). The van der Waals surface area contributed by atoms with Gasteiger partial charge in [0.25, 0.3) is 0 Å². The van der Waals surface area contributed by atoms with Gasteiger partial charge in [-0.1, -0.05) is 28.8 Å². The predicted octanol–water partition coefficient (Wildman–Crippen LogP) is 3.45. The molecule has 2 aliphatic rings. The van der Waals surface area contributed by atoms with Gasteiger partial charge in [-0.15, -0.1) is 0 Å². The Bertz CT molecular complexity index is 452. The van der Waals surface area contributed by atoms with Crippen LogP contribution in [-0.4, -0.2) is 13.2 Å². The van der Waals surface area contributed by atoms with Crippen LogP contribution < -0.4 is 10.5 Å². The molecule has 0 spiro atoms. The van der Waals surface area contributed by atoms with Crippen LogP contribution in [0.1, 0.15) is 36.8 Å². The largest absolute Gasteiger partial charge is 0.493 e. The number of ether oxygens (including phenoxy) is 1. The number of fused-ring (bicyclic) bond motifs is 1. The van der Waals surface area contributed by atoms with Crippen LogP contribution in [0, 0.1) is 5.41 Å². The van der Waals surface area contributed by atoms with Gasteiger partial charge in [-0.25, -0.2) is 0 Å². The summed E-state index contributed by atoms with van der Waals surface area (Å²) < 4.78 is 7.00. The zero-order chi connectivity index (χ0) is 12.6. The lowest BCUT2D eigenvalue weighted by atomic mass is 9.79. The maximum Gasteiger partial charge on any atom is 0.125 e. The first-order chi connectivity index (χ1) is 8.72. The fraction of sp³-hybridized carbons (Fsp3) is 0.600. The first-order valence-corrected chi connectivity index (χ1v) is 7.66. The van der Waals surface area contributed by atoms with Crippen molar-refractivity contribution in [1.82, 2.24) is 0 Å². The van der Waals surface area contributed by atoms with Gasteiger partial charge in [0.1, 0.15) is 5.75 Å². The standard InChI is InChI=1S/C15H20BrNO/c16-13-7-11-3-6-18-14(11)12(8-13)9-15(10-17)4-1-2-5-15/h7-8H,1-6,9-10,17H2. The summed E-state index contributed by atoms with van der Waals surface area (Å²) >= 11 is 3.62. The third-order valence-electron chi connectivity index (χ3n) is 4.49. The summed E-state index contributed by atoms with van der Waals surface area (Å²) in [6, 6.07) is 4.41. The Morgan fingerprint density at radius 1 is 1.28 bits per heavy atom. The van der Waals surface area contributed by atoms with Crippen molar-refractivity contribution >= 4 is 15.9 Å². The zero-order valence-corrected chi connectivity index (χ0v) is 12.3. The molecular formula is C15H20BrNO. The quantitative estimate of drug-likeness (QED) is 0.928. The minimum absolute atomic E-state index is 0.320. The number of rotatable bonds is 3. The molecule has 1 aliphatic heterocycles. The molecule has 1 aromatic carbocycles. The van der Waals surface area contributed by atoms with E-state index in [0.717, 1.165) is 31.7 Å². The molecule has 1 aromatic rings. The van der Waals surface area contributed by atoms with Gasteiger partial charge in [-0.3, -0.25) is 0 Å². The highest BCUT2D eigenvalue weighted by Crippen LogP contribution is 2.43. The molecule has 3 heteroatoms. The average molecular weight is 310 g/mol. The average Bonchev–Trinajstić information content (AvgIpc) is 2.98. The Balaban J connectivity index is 1.92. The summed E-state index contributed by atoms with van der Waals surface area (Å²) in [4.78, 5) is 0. The van der Waals surface area contributed by atoms with Crippen molar-refractivity contribution in [2.45, 2.75) is 38.5 Å². The van der Waals surface area contributed by atoms with Crippen molar-refractivity contribution in [3.63, 3.8) is 0 Å². The maximum atomic E-state index is 6.05. The van der Waals surface area contributed by atoms with Gasteiger partial charge < -0.3 is 10.5 Å². The highest BCUT2D eigenvalue weighted by Gasteiger charge is 2.34. The number of benzene rings is 1. The molecule has 1 saturated carbocycles. The normalized spacial score (nSPS) is 20.8. The third kappa shape index (κ3) is 2.19. The second-order valence-electron chi connectivity index (χ2n) is 5.74. The number of halogens is 1. The minimum atomic E-state index is 0.320. The lowest BCUT2D eigenvalue weighted by Crippen LogP contribution is -2.29. The van der Waals surface area contributed by atoms with Crippen molar-refractivity contribution in [2.75, 3.05) is 13.2 Å². The van der Waals surface area contributed by atoms with Crippen LogP contribution >= 0.6 is 15.9 Å². The summed E-state index contributed by atoms with van der Waals surface area (Å²) in [5.41, 5.74) is 9.07. The lowest BCUT2D eigenvalue weighted by Gasteiger charge is -2.28. The van der Waals surface area contributed by atoms with Crippen LogP contribution in [-0.2, 0) is 12.8 Å². The van der Waals surface area contributed by atoms with Gasteiger partial charge in [0, 0.05) is 10.9 Å². The summed E-state index contributed by atoms with van der Waals surface area (Å²) in [7, 11) is 0. The molecule has 0 aromatic heterocycles. The van der Waals surface area contributed by atoms with E-state index in [-0.39, 0.29) is 0 Å². The number of hydrogen-bond donors (Lipinski definition) is 1. The topological polar surface area (TPSA) is 35.2 Å². The van der Waals surface area contributed by atoms with Crippen LogP contribution in [0.25, 0.3) is 0 Å². The van der Waals surface area contributed by atoms with E-state index in [1.54, 1.807) is 0 Å². The Morgan fingerprint density at radius 3 is 2.78 bits per heavy atom. The van der Waals surface area contributed by atoms with Crippen molar-refractivity contribution < 1.29 is 4.74 Å². The molecule has 0 atom stereocenters. The van der Waals surface area contributed by atoms with E-state index < -0.39 is 0 Å². The van der Waals surface area contributed by atoms with Crippen LogP contribution in [0.15, 0.2) is 16.6 Å². The van der Waals surface area contributed by atoms with Gasteiger partial charge in [-0.05, 0) is 54.5 Å². The third-order valence-corrected chi connectivity index (χ3v) is 4.95. The smallest absolute Gasteiger partial charge is 0.125 e. The molecule has 1 fully saturated rings. The molecule has 0 radical (unpaired) electrons. The first kappa shape index (κ1) is 12.5. The Hall–Kier alpha value is -0.540. The Kier molecular flexibility index (Phi) is 3.37. The molecule has 0 bridgehead atoms. The van der Waals surface area contributed by atoms with Gasteiger partial charge in [0.05, 0.1) is 6.61 Å². The van der Waals surface area contributed by atoms with Crippen molar-refractivity contribution in [1.29, 1.82) is 0 Å². The summed E-state index contributed by atoms with van der Waals surface area (Å²) in [5, 5.41) is 0. The van der Waals surface area contributed by atoms with E-state index in [1.165, 1.54) is 41.3 Å². The summed E-state index contributed by atoms with van der Waals surface area (Å²) in [6.45, 7) is 1.63. The lowest BCUT2D eigenvalue weighted by molar-refractivity contribution is 0.296. The van der Waals surface area contributed by atoms with E-state index >= 15 is 0 Å². The highest BCUT2D eigenvalue weighted by molar-refractivity contribution is 9.10. The predicted molar refractivity (Wildman–Crippen MR) is 77.0 cm³/mol. The molecule has 0 amide bonds. The first-order valence-electron chi connectivity index (χ1n) is 6.87. The van der Waals surface area contributed by atoms with E-state index in [0.29, 0.717) is 5.41 Å². The van der Waals surface area contributed by atoms with Crippen LogP contribution in [0.3, 0.4) is 0 Å². The Morgan fingerprint density at radius 2 is 2.06 bits per heavy atom. The van der Waals surface area contributed by atoms with Gasteiger partial charge in [0.2, 0.25) is 0 Å². The fourth-order valence-electron chi connectivity index (χ4n) is 3.46. The van der Waals surface area contributed by atoms with Gasteiger partial charge in [-0.2, -0.15) is 0 Å². The van der Waals surface area contributed by atoms with Crippen LogP contribution in [0.5, 0.6) is 5.75 Å². The minimum Gasteiger partial charge on any atom is -0.493 e. The number of nitrogens with two attached hydrogens (primary N) is 1. The number of hydrogen-bond acceptors (Lipinski definition) is 2. The fourth-order valence-corrected chi connectivity index (χ4v) is 4.01. The SMILES string of the molecule is NCC1(Cc2cc(Br)cc3c2OCC3)CCCC1. The van der Waals surface area contributed by atoms with E-state index in [4.69, 9.17) is 10.5 Å². The second kappa shape index (κ2) is 4.86. The van der Waals surface area contributed by atoms with Crippen molar-refractivity contribution in [3.05, 3.63) is 27.7 Å². The highest BCUT2D eigenvalue weighted by atomic mass is 79.9. The summed E-state index contributed by atoms with van der Waals surface area (Å²) in [5.74, 6) is 1.14. The van der Waals surface area contributed by atoms with Crippen LogP contribution in [0.4, 0.5) is 0 Å². The summed E-state index contributed by atoms with van der Waals surface area (Å²) in [6.07, 6.45) is 7.31. The molecule has 1 aliphatic carbocycles. The van der Waals surface area contributed by atoms with Crippen LogP contribution in [0.2, 0.25) is 0 Å². The van der Waals surface area contributed by atoms with E-state index in [2.05, 4.69) is 28.1 Å². The molecular weight excluding hydrogens is 290 g/mol. The molecule has 18 heavy (non-hydrogen) atoms.